The smallest absolute Gasteiger partial charge is 0.416 e. The molecule has 236 valence electrons. The van der Waals surface area contributed by atoms with Crippen molar-refractivity contribution in [2.24, 2.45) is 29.6 Å². The number of thiazole rings is 1. The van der Waals surface area contributed by atoms with E-state index in [0.717, 1.165) is 49.4 Å². The average molecular weight is 704 g/mol. The third-order valence-corrected chi connectivity index (χ3v) is 12.8. The predicted molar refractivity (Wildman–Crippen MR) is 170 cm³/mol. The largest absolute Gasteiger partial charge is 0.489 e. The van der Waals surface area contributed by atoms with Crippen molar-refractivity contribution < 1.29 is 27.5 Å². The van der Waals surface area contributed by atoms with Crippen molar-refractivity contribution in [2.75, 3.05) is 4.90 Å². The van der Waals surface area contributed by atoms with Crippen LogP contribution in [0.1, 0.15) is 33.9 Å². The molecule has 3 fully saturated rings. The fourth-order valence-corrected chi connectivity index (χ4v) is 11.3. The van der Waals surface area contributed by atoms with Gasteiger partial charge in [0.05, 0.1) is 28.1 Å². The van der Waals surface area contributed by atoms with Crippen molar-refractivity contribution in [3.05, 3.63) is 108 Å². The van der Waals surface area contributed by atoms with E-state index >= 15 is 0 Å². The van der Waals surface area contributed by atoms with Crippen LogP contribution in [0, 0.1) is 29.6 Å². The predicted octanol–water partition coefficient (Wildman–Crippen LogP) is 8.02. The molecule has 2 aliphatic heterocycles. The Morgan fingerprint density at radius 1 is 0.913 bits per heavy atom. The summed E-state index contributed by atoms with van der Waals surface area (Å²) in [5, 5.41) is 1.70. The first kappa shape index (κ1) is 30.1. The molecule has 1 saturated heterocycles. The lowest BCUT2D eigenvalue weighted by atomic mass is 9.68. The van der Waals surface area contributed by atoms with Gasteiger partial charge in [0.1, 0.15) is 12.4 Å². The van der Waals surface area contributed by atoms with Crippen LogP contribution >= 0.6 is 46.3 Å². The van der Waals surface area contributed by atoms with E-state index in [1.54, 1.807) is 24.3 Å². The Morgan fingerprint density at radius 3 is 2.37 bits per heavy atom. The topological polar surface area (TPSA) is 79.5 Å². The Bertz CT molecular complexity index is 1960. The van der Waals surface area contributed by atoms with Gasteiger partial charge in [0.2, 0.25) is 11.8 Å². The Hall–Kier alpha value is -3.25. The van der Waals surface area contributed by atoms with E-state index in [4.69, 9.17) is 27.9 Å². The van der Waals surface area contributed by atoms with Gasteiger partial charge in [-0.2, -0.15) is 13.2 Å². The van der Waals surface area contributed by atoms with Gasteiger partial charge in [-0.1, -0.05) is 52.7 Å². The molecule has 2 bridgehead atoms. The monoisotopic (exact) mass is 702 g/mol. The zero-order chi connectivity index (χ0) is 32.1. The molecule has 2 amide bonds. The molecule has 13 heteroatoms. The number of nitrogens with zero attached hydrogens (tertiary/aromatic N) is 1. The molecule has 2 saturated carbocycles. The molecule has 0 spiro atoms. The van der Waals surface area contributed by atoms with Gasteiger partial charge in [-0.05, 0) is 78.3 Å². The SMILES string of the molecule is O=C1C2C3CC(C2C(=O)N1c1cccc(C(F)(F)F)c1)C1C3Sc2[nH]c(=O)sc2[C@@H]1c1cc(Cl)ccc1OCc1ccc(Cl)cc1. The number of aromatic nitrogens is 1. The molecule has 1 aromatic heterocycles. The molecule has 46 heavy (non-hydrogen) atoms. The number of hydrogen-bond acceptors (Lipinski definition) is 6. The van der Waals surface area contributed by atoms with E-state index in [9.17, 15) is 27.6 Å². The first-order valence-electron chi connectivity index (χ1n) is 14.6. The van der Waals surface area contributed by atoms with Gasteiger partial charge in [0, 0.05) is 31.7 Å². The molecule has 8 rings (SSSR count). The zero-order valence-electron chi connectivity index (χ0n) is 23.6. The number of ether oxygens (including phenoxy) is 1. The highest BCUT2D eigenvalue weighted by Crippen LogP contribution is 2.69. The number of carbonyl (C=O) groups excluding carboxylic acids is 2. The highest BCUT2D eigenvalue weighted by atomic mass is 35.5. The number of halogens is 5. The number of rotatable bonds is 5. The highest BCUT2D eigenvalue weighted by Gasteiger charge is 2.70. The van der Waals surface area contributed by atoms with Gasteiger partial charge < -0.3 is 9.72 Å². The Labute approximate surface area is 278 Å². The Morgan fingerprint density at radius 2 is 1.63 bits per heavy atom. The van der Waals surface area contributed by atoms with Gasteiger partial charge in [0.25, 0.3) is 0 Å². The van der Waals surface area contributed by atoms with Gasteiger partial charge in [0.15, 0.2) is 0 Å². The third kappa shape index (κ3) is 4.72. The van der Waals surface area contributed by atoms with Crippen LogP contribution in [0.25, 0.3) is 0 Å². The fraction of sp³-hybridized carbons (Fsp3) is 0.303. The number of anilines is 1. The molecule has 2 aliphatic carbocycles. The normalized spacial score (nSPS) is 27.9. The van der Waals surface area contributed by atoms with E-state index in [1.165, 1.54) is 23.9 Å². The Balaban J connectivity index is 1.18. The van der Waals surface area contributed by atoms with Crippen molar-refractivity contribution in [1.29, 1.82) is 0 Å². The number of carbonyl (C=O) groups is 2. The minimum Gasteiger partial charge on any atom is -0.489 e. The lowest BCUT2D eigenvalue weighted by Gasteiger charge is -2.43. The number of alkyl halides is 3. The number of H-pyrrole nitrogens is 1. The first-order valence-corrected chi connectivity index (χ1v) is 17.1. The molecule has 0 radical (unpaired) electrons. The van der Waals surface area contributed by atoms with Crippen LogP contribution in [-0.4, -0.2) is 22.0 Å². The summed E-state index contributed by atoms with van der Waals surface area (Å²) in [5.41, 5.74) is 0.697. The second-order valence-corrected chi connectivity index (χ2v) is 15.2. The molecule has 1 N–H and O–H groups in total. The molecule has 3 aromatic carbocycles. The fourth-order valence-electron chi connectivity index (χ4n) is 8.08. The maximum absolute atomic E-state index is 14.0. The van der Waals surface area contributed by atoms with Crippen LogP contribution in [0.15, 0.2) is 76.6 Å². The van der Waals surface area contributed by atoms with Gasteiger partial charge >= 0.3 is 11.0 Å². The summed E-state index contributed by atoms with van der Waals surface area (Å²) < 4.78 is 47.0. The molecule has 6 unspecified atom stereocenters. The standard InChI is InChI=1S/C33H23Cl2F3N2O4S2/c34-16-6-4-14(5-7-16)13-44-22-9-8-17(35)11-19(22)23-24-20-12-21(27(24)45-29-28(23)46-32(43)39-29)26-25(20)30(41)40(31(26)42)18-3-1-2-15(10-18)33(36,37)38/h1-11,20-21,23-27H,12-13H2,(H,39,43)/t20?,21?,23-,24?,25?,26?,27?/m1/s1. The molecular weight excluding hydrogens is 680 g/mol. The summed E-state index contributed by atoms with van der Waals surface area (Å²) in [5.74, 6) is -2.61. The summed E-state index contributed by atoms with van der Waals surface area (Å²) >= 11 is 15.3. The molecule has 3 heterocycles. The summed E-state index contributed by atoms with van der Waals surface area (Å²) in [6.07, 6.45) is -3.99. The zero-order valence-corrected chi connectivity index (χ0v) is 26.7. The van der Waals surface area contributed by atoms with Gasteiger partial charge in [-0.15, -0.1) is 11.8 Å². The molecular formula is C33H23Cl2F3N2O4S2. The van der Waals surface area contributed by atoms with Crippen LogP contribution in [0.2, 0.25) is 10.0 Å². The number of aromatic amines is 1. The lowest BCUT2D eigenvalue weighted by Crippen LogP contribution is -2.42. The number of nitrogens with one attached hydrogen (secondary N) is 1. The van der Waals surface area contributed by atoms with Crippen molar-refractivity contribution in [3.8, 4) is 5.75 Å². The minimum absolute atomic E-state index is 0.0676. The van der Waals surface area contributed by atoms with Crippen LogP contribution in [0.4, 0.5) is 18.9 Å². The minimum atomic E-state index is -4.62. The summed E-state index contributed by atoms with van der Waals surface area (Å²) in [7, 11) is 0. The van der Waals surface area contributed by atoms with E-state index < -0.39 is 35.4 Å². The summed E-state index contributed by atoms with van der Waals surface area (Å²) in [6, 6.07) is 17.1. The van der Waals surface area contributed by atoms with E-state index in [-0.39, 0.29) is 46.1 Å². The molecule has 4 aliphatic rings. The van der Waals surface area contributed by atoms with Crippen LogP contribution < -0.4 is 14.5 Å². The third-order valence-electron chi connectivity index (χ3n) is 9.77. The second-order valence-electron chi connectivity index (χ2n) is 12.1. The van der Waals surface area contributed by atoms with Crippen LogP contribution in [0.5, 0.6) is 5.75 Å². The van der Waals surface area contributed by atoms with E-state index in [2.05, 4.69) is 4.98 Å². The van der Waals surface area contributed by atoms with Crippen LogP contribution in [-0.2, 0) is 22.4 Å². The van der Waals surface area contributed by atoms with Crippen molar-refractivity contribution in [3.63, 3.8) is 0 Å². The Kier molecular flexibility index (Phi) is 7.13. The highest BCUT2D eigenvalue weighted by molar-refractivity contribution is 8.00. The molecule has 6 nitrogen and oxygen atoms in total. The van der Waals surface area contributed by atoms with E-state index in [1.807, 2.05) is 18.2 Å². The van der Waals surface area contributed by atoms with Gasteiger partial charge in [-0.3, -0.25) is 19.3 Å². The lowest BCUT2D eigenvalue weighted by molar-refractivity contribution is -0.137. The second kappa shape index (κ2) is 10.9. The van der Waals surface area contributed by atoms with Crippen molar-refractivity contribution >= 4 is 63.8 Å². The number of imide groups is 1. The van der Waals surface area contributed by atoms with Crippen molar-refractivity contribution in [1.82, 2.24) is 4.98 Å². The van der Waals surface area contributed by atoms with Crippen molar-refractivity contribution in [2.45, 2.75) is 35.4 Å². The quantitative estimate of drug-likeness (QED) is 0.213. The van der Waals surface area contributed by atoms with E-state index in [0.29, 0.717) is 22.2 Å². The number of thioether (sulfide) groups is 1. The number of hydrogen-bond donors (Lipinski definition) is 1. The first-order chi connectivity index (χ1) is 22.0. The number of amides is 2. The van der Waals surface area contributed by atoms with Crippen LogP contribution in [0.3, 0.4) is 0 Å². The number of fused-ring (bicyclic) bond motifs is 9. The number of benzene rings is 3. The average Bonchev–Trinajstić information content (AvgIpc) is 3.75. The summed E-state index contributed by atoms with van der Waals surface area (Å²) in [4.78, 5) is 45.2. The molecule has 7 atom stereocenters. The van der Waals surface area contributed by atoms with Gasteiger partial charge in [-0.25, -0.2) is 0 Å². The summed E-state index contributed by atoms with van der Waals surface area (Å²) in [6.45, 7) is 0.257. The maximum atomic E-state index is 14.0. The molecule has 4 aromatic rings. The maximum Gasteiger partial charge on any atom is 0.416 e.